The molecule has 5 nitrogen and oxygen atoms in total. The van der Waals surface area contributed by atoms with E-state index in [1.807, 2.05) is 13.8 Å². The van der Waals surface area contributed by atoms with Crippen molar-refractivity contribution in [3.8, 4) is 0 Å². The lowest BCUT2D eigenvalue weighted by molar-refractivity contribution is -0.133. The van der Waals surface area contributed by atoms with Crippen LogP contribution in [-0.4, -0.2) is 34.1 Å². The van der Waals surface area contributed by atoms with Gasteiger partial charge in [-0.2, -0.15) is 4.89 Å². The second-order valence-electron chi connectivity index (χ2n) is 4.37. The van der Waals surface area contributed by atoms with Crippen molar-refractivity contribution in [1.29, 1.82) is 0 Å². The first kappa shape index (κ1) is 16.8. The summed E-state index contributed by atoms with van der Waals surface area (Å²) in [4.78, 5) is 22.6. The van der Waals surface area contributed by atoms with Crippen LogP contribution in [-0.2, 0) is 9.36 Å². The van der Waals surface area contributed by atoms with Crippen LogP contribution in [0.5, 0.6) is 0 Å². The van der Waals surface area contributed by atoms with Crippen LogP contribution in [0.1, 0.15) is 33.1 Å². The van der Waals surface area contributed by atoms with Crippen molar-refractivity contribution >= 4 is 26.3 Å². The van der Waals surface area contributed by atoms with E-state index in [2.05, 4.69) is 0 Å². The predicted octanol–water partition coefficient (Wildman–Crippen LogP) is 1.46. The molecule has 0 aromatic rings. The van der Waals surface area contributed by atoms with Crippen molar-refractivity contribution in [1.82, 2.24) is 4.90 Å². The molecule has 1 saturated heterocycles. The van der Waals surface area contributed by atoms with Gasteiger partial charge in [0.2, 0.25) is 5.91 Å². The molecule has 1 unspecified atom stereocenters. The van der Waals surface area contributed by atoms with Crippen LogP contribution in [0.2, 0.25) is 0 Å². The van der Waals surface area contributed by atoms with Gasteiger partial charge in [0.25, 0.3) is 5.78 Å². The number of hydrogen-bond acceptors (Lipinski definition) is 3. The highest BCUT2D eigenvalue weighted by atomic mass is 35.5. The molecule has 7 heteroatoms. The zero-order chi connectivity index (χ0) is 12.3. The minimum Gasteiger partial charge on any atom is -0.320 e. The lowest BCUT2D eigenvalue weighted by Gasteiger charge is -2.24. The van der Waals surface area contributed by atoms with Crippen molar-refractivity contribution in [2.24, 2.45) is 11.7 Å². The minimum absolute atomic E-state index is 0. The van der Waals surface area contributed by atoms with Crippen LogP contribution in [0, 0.1) is 5.92 Å². The SMILES string of the molecule is CC[C@H](C)[C@H](N)C(=O)N1CCC[C@@H]1[P+](=O)O.Cl. The van der Waals surface area contributed by atoms with Gasteiger partial charge in [0, 0.05) is 13.0 Å². The number of hydrogen-bond donors (Lipinski definition) is 2. The normalized spacial score (nSPS) is 23.9. The van der Waals surface area contributed by atoms with E-state index in [0.29, 0.717) is 13.0 Å². The Kier molecular flexibility index (Phi) is 7.17. The first-order chi connectivity index (χ1) is 7.49. The Morgan fingerprint density at radius 1 is 1.65 bits per heavy atom. The van der Waals surface area contributed by atoms with Crippen molar-refractivity contribution < 1.29 is 14.3 Å². The number of nitrogens with two attached hydrogens (primary N) is 1. The molecule has 0 aromatic heterocycles. The Morgan fingerprint density at radius 2 is 2.24 bits per heavy atom. The van der Waals surface area contributed by atoms with Gasteiger partial charge in [-0.25, -0.2) is 0 Å². The van der Waals surface area contributed by atoms with Gasteiger partial charge in [0.15, 0.2) is 0 Å². The summed E-state index contributed by atoms with van der Waals surface area (Å²) in [6.45, 7) is 4.45. The molecule has 1 fully saturated rings. The number of halogens is 1. The molecule has 17 heavy (non-hydrogen) atoms. The summed E-state index contributed by atoms with van der Waals surface area (Å²) in [6.07, 6.45) is 2.21. The van der Waals surface area contributed by atoms with Crippen molar-refractivity contribution in [2.75, 3.05) is 6.54 Å². The summed E-state index contributed by atoms with van der Waals surface area (Å²) in [5, 5.41) is 0. The van der Waals surface area contributed by atoms with Crippen LogP contribution in [0.25, 0.3) is 0 Å². The van der Waals surface area contributed by atoms with E-state index in [1.165, 1.54) is 4.90 Å². The quantitative estimate of drug-likeness (QED) is 0.765. The summed E-state index contributed by atoms with van der Waals surface area (Å²) < 4.78 is 11.1. The largest absolute Gasteiger partial charge is 0.530 e. The fourth-order valence-corrected chi connectivity index (χ4v) is 2.80. The summed E-state index contributed by atoms with van der Waals surface area (Å²) in [6, 6.07) is -0.555. The zero-order valence-corrected chi connectivity index (χ0v) is 11.9. The van der Waals surface area contributed by atoms with Crippen LogP contribution >= 0.6 is 20.4 Å². The van der Waals surface area contributed by atoms with E-state index in [-0.39, 0.29) is 24.2 Å². The summed E-state index contributed by atoms with van der Waals surface area (Å²) >= 11 is 0. The van der Waals surface area contributed by atoms with Gasteiger partial charge in [-0.05, 0) is 16.9 Å². The van der Waals surface area contributed by atoms with Gasteiger partial charge >= 0.3 is 8.03 Å². The minimum atomic E-state index is -2.32. The molecule has 0 aromatic carbocycles. The maximum absolute atomic E-state index is 12.0. The third-order valence-electron chi connectivity index (χ3n) is 3.30. The molecule has 4 atom stereocenters. The number of nitrogens with zero attached hydrogens (tertiary/aromatic N) is 1. The summed E-state index contributed by atoms with van der Waals surface area (Å²) in [7, 11) is -2.32. The van der Waals surface area contributed by atoms with E-state index in [1.54, 1.807) is 0 Å². The third-order valence-corrected chi connectivity index (χ3v) is 4.35. The topological polar surface area (TPSA) is 83.6 Å². The molecular weight excluding hydrogens is 263 g/mol. The lowest BCUT2D eigenvalue weighted by atomic mass is 9.99. The highest BCUT2D eigenvalue weighted by Gasteiger charge is 2.43. The van der Waals surface area contributed by atoms with Gasteiger partial charge in [0.05, 0.1) is 6.04 Å². The van der Waals surface area contributed by atoms with Gasteiger partial charge in [-0.1, -0.05) is 20.3 Å². The van der Waals surface area contributed by atoms with E-state index >= 15 is 0 Å². The molecular formula is C10H21ClN2O3P+. The van der Waals surface area contributed by atoms with Gasteiger partial charge in [0.1, 0.15) is 0 Å². The number of rotatable bonds is 4. The number of amides is 1. The Labute approximate surface area is 109 Å². The standard InChI is InChI=1S/C10H19N2O3P.ClH/c1-3-7(2)9(11)10(13)12-6-4-5-8(12)16(14)15;/h7-9H,3-6,11H2,1-2H3;1H/p+1/t7-,8-,9-;/m0./s1. The van der Waals surface area contributed by atoms with Crippen molar-refractivity contribution in [3.05, 3.63) is 0 Å². The van der Waals surface area contributed by atoms with Crippen LogP contribution in [0.4, 0.5) is 0 Å². The maximum atomic E-state index is 12.0. The van der Waals surface area contributed by atoms with E-state index in [9.17, 15) is 9.36 Å². The average Bonchev–Trinajstić information content (AvgIpc) is 2.74. The van der Waals surface area contributed by atoms with Crippen LogP contribution in [0.15, 0.2) is 0 Å². The monoisotopic (exact) mass is 283 g/mol. The Hall–Kier alpha value is -0.220. The Morgan fingerprint density at radius 3 is 2.71 bits per heavy atom. The lowest BCUT2D eigenvalue weighted by Crippen LogP contribution is -2.48. The van der Waals surface area contributed by atoms with Gasteiger partial charge in [-0.15, -0.1) is 12.4 Å². The number of carbonyl (C=O) groups excluding carboxylic acids is 1. The summed E-state index contributed by atoms with van der Waals surface area (Å²) in [5.41, 5.74) is 5.85. The molecule has 1 heterocycles. The molecule has 0 radical (unpaired) electrons. The number of carbonyl (C=O) groups is 1. The summed E-state index contributed by atoms with van der Waals surface area (Å²) in [5.74, 6) is -0.614. The highest BCUT2D eigenvalue weighted by Crippen LogP contribution is 2.35. The third kappa shape index (κ3) is 3.88. The van der Waals surface area contributed by atoms with Crippen molar-refractivity contribution in [2.45, 2.75) is 44.9 Å². The second kappa shape index (κ2) is 7.27. The Balaban J connectivity index is 0.00000256. The number of likely N-dealkylation sites (tertiary alicyclic amines) is 1. The molecule has 1 aliphatic heterocycles. The maximum Gasteiger partial charge on any atom is 0.530 e. The van der Waals surface area contributed by atoms with Crippen LogP contribution in [0.3, 0.4) is 0 Å². The fraction of sp³-hybridized carbons (Fsp3) is 0.900. The average molecular weight is 284 g/mol. The van der Waals surface area contributed by atoms with E-state index in [0.717, 1.165) is 12.8 Å². The molecule has 0 bridgehead atoms. The molecule has 3 N–H and O–H groups in total. The molecule has 0 spiro atoms. The smallest absolute Gasteiger partial charge is 0.320 e. The van der Waals surface area contributed by atoms with E-state index < -0.39 is 19.9 Å². The highest BCUT2D eigenvalue weighted by molar-refractivity contribution is 7.38. The molecule has 1 aliphatic rings. The predicted molar refractivity (Wildman–Crippen MR) is 69.2 cm³/mol. The first-order valence-corrected chi connectivity index (χ1v) is 6.98. The van der Waals surface area contributed by atoms with Crippen LogP contribution < -0.4 is 5.73 Å². The second-order valence-corrected chi connectivity index (χ2v) is 5.57. The van der Waals surface area contributed by atoms with Crippen molar-refractivity contribution in [3.63, 3.8) is 0 Å². The fourth-order valence-electron chi connectivity index (χ4n) is 1.92. The van der Waals surface area contributed by atoms with Gasteiger partial charge in [-0.3, -0.25) is 9.69 Å². The molecule has 100 valence electrons. The molecule has 1 rings (SSSR count). The zero-order valence-electron chi connectivity index (χ0n) is 10.2. The molecule has 0 aliphatic carbocycles. The molecule has 1 amide bonds. The molecule has 0 saturated carbocycles. The van der Waals surface area contributed by atoms with Gasteiger partial charge < -0.3 is 5.73 Å². The first-order valence-electron chi connectivity index (χ1n) is 5.70. The van der Waals surface area contributed by atoms with E-state index in [4.69, 9.17) is 10.6 Å². The Bertz CT molecular complexity index is 291.